The van der Waals surface area contributed by atoms with Crippen molar-refractivity contribution in [1.29, 1.82) is 0 Å². The van der Waals surface area contributed by atoms with Crippen molar-refractivity contribution in [3.8, 4) is 5.75 Å². The first-order valence-corrected chi connectivity index (χ1v) is 8.77. The fourth-order valence-electron chi connectivity index (χ4n) is 4.10. The van der Waals surface area contributed by atoms with Gasteiger partial charge >= 0.3 is 0 Å². The minimum Gasteiger partial charge on any atom is -0.497 e. The van der Waals surface area contributed by atoms with Crippen molar-refractivity contribution in [1.82, 2.24) is 15.1 Å². The number of ether oxygens (including phenoxy) is 2. The molecule has 0 saturated carbocycles. The van der Waals surface area contributed by atoms with Gasteiger partial charge in [0, 0.05) is 50.0 Å². The Balaban J connectivity index is 1.54. The van der Waals surface area contributed by atoms with Crippen LogP contribution in [0.25, 0.3) is 0 Å². The average Bonchev–Trinajstić information content (AvgIpc) is 3.36. The van der Waals surface area contributed by atoms with E-state index in [1.807, 2.05) is 6.20 Å². The van der Waals surface area contributed by atoms with Crippen LogP contribution in [0.4, 0.5) is 0 Å². The molecule has 0 aliphatic carbocycles. The minimum absolute atomic E-state index is 0.461. The van der Waals surface area contributed by atoms with Crippen LogP contribution in [0.2, 0.25) is 0 Å². The summed E-state index contributed by atoms with van der Waals surface area (Å²) in [7, 11) is 1.71. The number of benzene rings is 1. The van der Waals surface area contributed by atoms with Gasteiger partial charge in [-0.05, 0) is 36.1 Å². The molecule has 2 aliphatic heterocycles. The van der Waals surface area contributed by atoms with Crippen molar-refractivity contribution >= 4 is 0 Å². The van der Waals surface area contributed by atoms with Gasteiger partial charge in [-0.3, -0.25) is 5.10 Å². The second kappa shape index (κ2) is 6.95. The number of likely N-dealkylation sites (tertiary alicyclic amines) is 1. The summed E-state index contributed by atoms with van der Waals surface area (Å²) < 4.78 is 10.8. The van der Waals surface area contributed by atoms with E-state index < -0.39 is 0 Å². The van der Waals surface area contributed by atoms with E-state index in [1.54, 1.807) is 7.11 Å². The third kappa shape index (κ3) is 3.19. The van der Waals surface area contributed by atoms with E-state index in [2.05, 4.69) is 45.4 Å². The molecular formula is C19H25N3O2. The maximum atomic E-state index is 5.55. The van der Waals surface area contributed by atoms with Gasteiger partial charge in [-0.25, -0.2) is 0 Å². The molecule has 1 unspecified atom stereocenters. The highest BCUT2D eigenvalue weighted by atomic mass is 16.5. The summed E-state index contributed by atoms with van der Waals surface area (Å²) in [6, 6.07) is 10.6. The summed E-state index contributed by atoms with van der Waals surface area (Å²) in [5.74, 6) is 2.54. The lowest BCUT2D eigenvalue weighted by Gasteiger charge is -2.19. The Morgan fingerprint density at radius 3 is 2.71 bits per heavy atom. The lowest BCUT2D eigenvalue weighted by molar-refractivity contribution is 0.173. The number of methoxy groups -OCH3 is 1. The van der Waals surface area contributed by atoms with E-state index in [-0.39, 0.29) is 0 Å². The number of hydrogen-bond donors (Lipinski definition) is 1. The Hall–Kier alpha value is -1.85. The first-order chi connectivity index (χ1) is 11.8. The van der Waals surface area contributed by atoms with E-state index in [1.165, 1.54) is 17.7 Å². The third-order valence-corrected chi connectivity index (χ3v) is 5.40. The third-order valence-electron chi connectivity index (χ3n) is 5.40. The molecule has 2 saturated heterocycles. The highest BCUT2D eigenvalue weighted by molar-refractivity contribution is 5.33. The molecule has 5 heteroatoms. The molecule has 1 aromatic carbocycles. The summed E-state index contributed by atoms with van der Waals surface area (Å²) in [6.07, 6.45) is 3.05. The predicted octanol–water partition coefficient (Wildman–Crippen LogP) is 2.64. The summed E-state index contributed by atoms with van der Waals surface area (Å²) in [6.45, 7) is 5.14. The van der Waals surface area contributed by atoms with Gasteiger partial charge in [-0.2, -0.15) is 5.10 Å². The molecule has 2 aromatic rings. The number of aromatic amines is 1. The molecule has 5 nitrogen and oxygen atoms in total. The van der Waals surface area contributed by atoms with Gasteiger partial charge in [0.05, 0.1) is 13.7 Å². The van der Waals surface area contributed by atoms with Crippen LogP contribution in [-0.2, 0) is 4.74 Å². The fourth-order valence-corrected chi connectivity index (χ4v) is 4.10. The number of nitrogens with one attached hydrogen (secondary N) is 1. The summed E-state index contributed by atoms with van der Waals surface area (Å²) >= 11 is 0. The highest BCUT2D eigenvalue weighted by Gasteiger charge is 2.36. The average molecular weight is 327 g/mol. The Kier molecular flexibility index (Phi) is 4.54. The number of aromatic nitrogens is 2. The van der Waals surface area contributed by atoms with Crippen molar-refractivity contribution in [2.24, 2.45) is 5.92 Å². The molecule has 0 bridgehead atoms. The van der Waals surface area contributed by atoms with Crippen LogP contribution >= 0.6 is 0 Å². The van der Waals surface area contributed by atoms with E-state index >= 15 is 0 Å². The van der Waals surface area contributed by atoms with Gasteiger partial charge in [-0.15, -0.1) is 0 Å². The standard InChI is InChI=1S/C19H25N3O2/c1-23-16-4-2-15(3-5-16)17-11-22(10-14-7-9-24-13-14)12-18(17)19-6-8-20-21-19/h2-6,8,14,17-18H,7,9-13H2,1H3,(H,20,21)/t14?,17-,18+/m0/s1. The molecule has 2 fully saturated rings. The molecule has 24 heavy (non-hydrogen) atoms. The molecule has 1 N–H and O–H groups in total. The zero-order valence-electron chi connectivity index (χ0n) is 14.1. The second-order valence-corrected chi connectivity index (χ2v) is 6.95. The molecule has 0 spiro atoms. The predicted molar refractivity (Wildman–Crippen MR) is 92.4 cm³/mol. The van der Waals surface area contributed by atoms with Crippen molar-refractivity contribution in [3.05, 3.63) is 47.8 Å². The number of nitrogens with zero attached hydrogens (tertiary/aromatic N) is 2. The molecule has 2 aliphatic rings. The van der Waals surface area contributed by atoms with Gasteiger partial charge in [-0.1, -0.05) is 12.1 Å². The monoisotopic (exact) mass is 327 g/mol. The van der Waals surface area contributed by atoms with Crippen molar-refractivity contribution in [3.63, 3.8) is 0 Å². The SMILES string of the molecule is COc1ccc([C@@H]2CN(CC3CCOC3)C[C@H]2c2ccn[nH]2)cc1. The van der Waals surface area contributed by atoms with Gasteiger partial charge in [0.1, 0.15) is 5.75 Å². The number of rotatable bonds is 5. The van der Waals surface area contributed by atoms with Crippen LogP contribution in [-0.4, -0.2) is 55.1 Å². The van der Waals surface area contributed by atoms with E-state index in [0.717, 1.165) is 38.6 Å². The molecular weight excluding hydrogens is 302 g/mol. The number of H-pyrrole nitrogens is 1. The topological polar surface area (TPSA) is 50.4 Å². The lowest BCUT2D eigenvalue weighted by atomic mass is 9.87. The quantitative estimate of drug-likeness (QED) is 0.917. The van der Waals surface area contributed by atoms with Gasteiger partial charge in [0.15, 0.2) is 0 Å². The Bertz CT molecular complexity index is 635. The molecule has 0 radical (unpaired) electrons. The largest absolute Gasteiger partial charge is 0.497 e. The number of hydrogen-bond acceptors (Lipinski definition) is 4. The Labute approximate surface area is 143 Å². The summed E-state index contributed by atoms with van der Waals surface area (Å²) in [5, 5.41) is 7.36. The van der Waals surface area contributed by atoms with Crippen LogP contribution in [0.1, 0.15) is 29.5 Å². The first kappa shape index (κ1) is 15.7. The first-order valence-electron chi connectivity index (χ1n) is 8.77. The van der Waals surface area contributed by atoms with E-state index in [9.17, 15) is 0 Å². The van der Waals surface area contributed by atoms with Gasteiger partial charge in [0.2, 0.25) is 0 Å². The van der Waals surface area contributed by atoms with Crippen molar-refractivity contribution in [2.75, 3.05) is 40.0 Å². The van der Waals surface area contributed by atoms with Crippen molar-refractivity contribution in [2.45, 2.75) is 18.3 Å². The maximum absolute atomic E-state index is 5.55. The highest BCUT2D eigenvalue weighted by Crippen LogP contribution is 2.39. The summed E-state index contributed by atoms with van der Waals surface area (Å²) in [4.78, 5) is 2.60. The lowest BCUT2D eigenvalue weighted by Crippen LogP contribution is -2.28. The zero-order chi connectivity index (χ0) is 16.4. The summed E-state index contributed by atoms with van der Waals surface area (Å²) in [5.41, 5.74) is 2.61. The fraction of sp³-hybridized carbons (Fsp3) is 0.526. The van der Waals surface area contributed by atoms with Crippen LogP contribution in [0.5, 0.6) is 5.75 Å². The molecule has 0 amide bonds. The second-order valence-electron chi connectivity index (χ2n) is 6.95. The minimum atomic E-state index is 0.461. The smallest absolute Gasteiger partial charge is 0.118 e. The zero-order valence-corrected chi connectivity index (χ0v) is 14.1. The maximum Gasteiger partial charge on any atom is 0.118 e. The normalized spacial score (nSPS) is 27.6. The molecule has 1 aromatic heterocycles. The van der Waals surface area contributed by atoms with E-state index in [4.69, 9.17) is 9.47 Å². The van der Waals surface area contributed by atoms with Gasteiger partial charge in [0.25, 0.3) is 0 Å². The molecule has 3 heterocycles. The van der Waals surface area contributed by atoms with Crippen LogP contribution in [0, 0.1) is 5.92 Å². The van der Waals surface area contributed by atoms with Gasteiger partial charge < -0.3 is 14.4 Å². The molecule has 3 atom stereocenters. The van der Waals surface area contributed by atoms with Crippen LogP contribution in [0.3, 0.4) is 0 Å². The molecule has 128 valence electrons. The van der Waals surface area contributed by atoms with E-state index in [0.29, 0.717) is 17.8 Å². The van der Waals surface area contributed by atoms with Crippen molar-refractivity contribution < 1.29 is 9.47 Å². The Morgan fingerprint density at radius 1 is 1.21 bits per heavy atom. The Morgan fingerprint density at radius 2 is 2.04 bits per heavy atom. The van der Waals surface area contributed by atoms with Crippen LogP contribution in [0.15, 0.2) is 36.5 Å². The van der Waals surface area contributed by atoms with Crippen LogP contribution < -0.4 is 4.74 Å². The molecule has 4 rings (SSSR count).